The lowest BCUT2D eigenvalue weighted by atomic mass is 10.3. The molecule has 44 valence electrons. The smallest absolute Gasteiger partial charge is 0.0948 e. The summed E-state index contributed by atoms with van der Waals surface area (Å²) in [6.07, 6.45) is 4.49. The second-order valence-corrected chi connectivity index (χ2v) is 2.42. The van der Waals surface area contributed by atoms with Gasteiger partial charge in [-0.1, -0.05) is 6.08 Å². The zero-order valence-electron chi connectivity index (χ0n) is 4.92. The Morgan fingerprint density at radius 1 is 2.00 bits per heavy atom. The van der Waals surface area contributed by atoms with Gasteiger partial charge in [0.2, 0.25) is 0 Å². The topological polar surface area (TPSA) is 23.8 Å². The van der Waals surface area contributed by atoms with Crippen molar-refractivity contribution in [1.29, 1.82) is 5.26 Å². The second-order valence-electron chi connectivity index (χ2n) is 1.38. The first-order chi connectivity index (χ1) is 3.85. The fourth-order valence-electron chi connectivity index (χ4n) is 0.353. The van der Waals surface area contributed by atoms with Gasteiger partial charge in [0, 0.05) is 0 Å². The summed E-state index contributed by atoms with van der Waals surface area (Å²) in [6, 6.07) is 2.14. The van der Waals surface area contributed by atoms with Crippen molar-refractivity contribution in [1.82, 2.24) is 0 Å². The summed E-state index contributed by atoms with van der Waals surface area (Å²) in [6.45, 7) is 3.53. The molecule has 0 bridgehead atoms. The highest BCUT2D eigenvalue weighted by Crippen LogP contribution is 2.08. The van der Waals surface area contributed by atoms with Crippen molar-refractivity contribution in [3.63, 3.8) is 0 Å². The maximum Gasteiger partial charge on any atom is 0.0948 e. The molecular formula is C6H9NS. The summed E-state index contributed by atoms with van der Waals surface area (Å²) >= 11 is 1.56. The Kier molecular flexibility index (Phi) is 4.48. The minimum absolute atomic E-state index is 0.104. The number of allylic oxidation sites excluding steroid dienone is 1. The summed E-state index contributed by atoms with van der Waals surface area (Å²) < 4.78 is 0. The van der Waals surface area contributed by atoms with Crippen LogP contribution in [0.3, 0.4) is 0 Å². The average molecular weight is 127 g/mol. The van der Waals surface area contributed by atoms with Gasteiger partial charge in [0.15, 0.2) is 0 Å². The zero-order chi connectivity index (χ0) is 6.41. The van der Waals surface area contributed by atoms with Crippen LogP contribution in [-0.4, -0.2) is 11.5 Å². The third-order valence-corrected chi connectivity index (χ3v) is 1.68. The van der Waals surface area contributed by atoms with E-state index in [-0.39, 0.29) is 5.25 Å². The number of nitrogens with zero attached hydrogens (tertiary/aromatic N) is 1. The van der Waals surface area contributed by atoms with Crippen LogP contribution in [0.25, 0.3) is 0 Å². The molecule has 1 unspecified atom stereocenters. The minimum atomic E-state index is 0.104. The Morgan fingerprint density at radius 3 is 2.75 bits per heavy atom. The van der Waals surface area contributed by atoms with Crippen LogP contribution in [0.5, 0.6) is 0 Å². The molecule has 0 saturated heterocycles. The van der Waals surface area contributed by atoms with Crippen molar-refractivity contribution >= 4 is 11.8 Å². The molecule has 0 aliphatic heterocycles. The van der Waals surface area contributed by atoms with Gasteiger partial charge in [-0.3, -0.25) is 0 Å². The quantitative estimate of drug-likeness (QED) is 0.540. The normalized spacial score (nSPS) is 12.0. The number of thioether (sulfide) groups is 1. The monoisotopic (exact) mass is 127 g/mol. The van der Waals surface area contributed by atoms with Crippen LogP contribution in [-0.2, 0) is 0 Å². The second kappa shape index (κ2) is 4.73. The fourth-order valence-corrected chi connectivity index (χ4v) is 0.787. The van der Waals surface area contributed by atoms with Gasteiger partial charge in [-0.2, -0.15) is 5.26 Å². The molecular weight excluding hydrogens is 118 g/mol. The molecule has 0 aliphatic rings. The van der Waals surface area contributed by atoms with E-state index in [9.17, 15) is 0 Å². The summed E-state index contributed by atoms with van der Waals surface area (Å²) in [7, 11) is 0. The highest BCUT2D eigenvalue weighted by molar-refractivity contribution is 7.99. The van der Waals surface area contributed by atoms with E-state index in [1.807, 2.05) is 6.26 Å². The first-order valence-electron chi connectivity index (χ1n) is 2.38. The molecule has 0 saturated carbocycles. The molecule has 0 aromatic rings. The van der Waals surface area contributed by atoms with Gasteiger partial charge in [-0.25, -0.2) is 0 Å². The van der Waals surface area contributed by atoms with E-state index in [1.165, 1.54) is 0 Å². The summed E-state index contributed by atoms with van der Waals surface area (Å²) in [5.74, 6) is 0. The van der Waals surface area contributed by atoms with Crippen LogP contribution in [0.15, 0.2) is 12.7 Å². The zero-order valence-corrected chi connectivity index (χ0v) is 5.74. The molecule has 2 heteroatoms. The SMILES string of the molecule is C=CCC(C#N)SC. The summed E-state index contributed by atoms with van der Waals surface area (Å²) in [4.78, 5) is 0. The largest absolute Gasteiger partial charge is 0.197 e. The molecule has 0 aromatic carbocycles. The molecule has 0 aliphatic carbocycles. The number of rotatable bonds is 3. The van der Waals surface area contributed by atoms with Gasteiger partial charge >= 0.3 is 0 Å². The van der Waals surface area contributed by atoms with Crippen molar-refractivity contribution in [2.75, 3.05) is 6.26 Å². The lowest BCUT2D eigenvalue weighted by molar-refractivity contribution is 1.09. The Morgan fingerprint density at radius 2 is 2.62 bits per heavy atom. The third kappa shape index (κ3) is 2.70. The van der Waals surface area contributed by atoms with Crippen molar-refractivity contribution in [3.8, 4) is 6.07 Å². The van der Waals surface area contributed by atoms with E-state index < -0.39 is 0 Å². The molecule has 0 heterocycles. The standard InChI is InChI=1S/C6H9NS/c1-3-4-6(5-7)8-2/h3,6H,1,4H2,2H3. The first-order valence-corrected chi connectivity index (χ1v) is 3.67. The van der Waals surface area contributed by atoms with Gasteiger partial charge in [0.05, 0.1) is 11.3 Å². The highest BCUT2D eigenvalue weighted by atomic mass is 32.2. The van der Waals surface area contributed by atoms with Crippen molar-refractivity contribution in [3.05, 3.63) is 12.7 Å². The van der Waals surface area contributed by atoms with Crippen molar-refractivity contribution in [2.24, 2.45) is 0 Å². The van der Waals surface area contributed by atoms with E-state index >= 15 is 0 Å². The summed E-state index contributed by atoms with van der Waals surface area (Å²) in [5.41, 5.74) is 0. The van der Waals surface area contributed by atoms with Crippen LogP contribution in [0.4, 0.5) is 0 Å². The molecule has 0 radical (unpaired) electrons. The molecule has 1 nitrogen and oxygen atoms in total. The Balaban J connectivity index is 3.40. The van der Waals surface area contributed by atoms with E-state index in [2.05, 4.69) is 12.6 Å². The van der Waals surface area contributed by atoms with Crippen molar-refractivity contribution in [2.45, 2.75) is 11.7 Å². The molecule has 8 heavy (non-hydrogen) atoms. The molecule has 0 fully saturated rings. The van der Waals surface area contributed by atoms with Gasteiger partial charge < -0.3 is 0 Å². The van der Waals surface area contributed by atoms with Crippen LogP contribution < -0.4 is 0 Å². The van der Waals surface area contributed by atoms with Crippen LogP contribution in [0.1, 0.15) is 6.42 Å². The number of hydrogen-bond acceptors (Lipinski definition) is 2. The lowest BCUT2D eigenvalue weighted by Gasteiger charge is -1.96. The van der Waals surface area contributed by atoms with Crippen LogP contribution >= 0.6 is 11.8 Å². The van der Waals surface area contributed by atoms with E-state index in [0.29, 0.717) is 0 Å². The van der Waals surface area contributed by atoms with E-state index in [4.69, 9.17) is 5.26 Å². The number of nitriles is 1. The average Bonchev–Trinajstić information content (AvgIpc) is 1.83. The highest BCUT2D eigenvalue weighted by Gasteiger charge is 1.98. The first kappa shape index (κ1) is 7.58. The third-order valence-electron chi connectivity index (χ3n) is 0.809. The molecule has 0 spiro atoms. The molecule has 0 N–H and O–H groups in total. The van der Waals surface area contributed by atoms with Gasteiger partial charge in [0.25, 0.3) is 0 Å². The Labute approximate surface area is 54.4 Å². The predicted octanol–water partition coefficient (Wildman–Crippen LogP) is 1.82. The van der Waals surface area contributed by atoms with Gasteiger partial charge in [-0.15, -0.1) is 18.3 Å². The van der Waals surface area contributed by atoms with Gasteiger partial charge in [0.1, 0.15) is 0 Å². The Hall–Kier alpha value is -0.420. The lowest BCUT2D eigenvalue weighted by Crippen LogP contribution is -1.93. The Bertz CT molecular complexity index is 104. The minimum Gasteiger partial charge on any atom is -0.197 e. The molecule has 0 rings (SSSR count). The van der Waals surface area contributed by atoms with Gasteiger partial charge in [-0.05, 0) is 12.7 Å². The molecule has 0 amide bonds. The van der Waals surface area contributed by atoms with Crippen LogP contribution in [0.2, 0.25) is 0 Å². The molecule has 1 atom stereocenters. The molecule has 0 aromatic heterocycles. The summed E-state index contributed by atoms with van der Waals surface area (Å²) in [5, 5.41) is 8.44. The predicted molar refractivity (Wildman–Crippen MR) is 37.7 cm³/mol. The number of hydrogen-bond donors (Lipinski definition) is 0. The fraction of sp³-hybridized carbons (Fsp3) is 0.500. The van der Waals surface area contributed by atoms with Crippen molar-refractivity contribution < 1.29 is 0 Å². The van der Waals surface area contributed by atoms with E-state index in [1.54, 1.807) is 17.8 Å². The van der Waals surface area contributed by atoms with E-state index in [0.717, 1.165) is 6.42 Å². The maximum atomic E-state index is 8.34. The van der Waals surface area contributed by atoms with Crippen LogP contribution in [0, 0.1) is 11.3 Å². The maximum absolute atomic E-state index is 8.34.